The highest BCUT2D eigenvalue weighted by molar-refractivity contribution is 7.99. The minimum Gasteiger partial charge on any atom is -0.375 e. The smallest absolute Gasteiger partial charge is 0.0713 e. The molecule has 2 aliphatic heterocycles. The second-order valence-corrected chi connectivity index (χ2v) is 8.20. The van der Waals surface area contributed by atoms with E-state index in [1.165, 1.54) is 30.8 Å². The van der Waals surface area contributed by atoms with E-state index in [-0.39, 0.29) is 5.60 Å². The van der Waals surface area contributed by atoms with Gasteiger partial charge in [-0.25, -0.2) is 0 Å². The largest absolute Gasteiger partial charge is 0.375 e. The molecule has 5 heteroatoms. The quantitative estimate of drug-likeness (QED) is 0.784. The third kappa shape index (κ3) is 4.51. The van der Waals surface area contributed by atoms with E-state index >= 15 is 0 Å². The molecule has 2 rings (SSSR count). The molecule has 0 aromatic rings. The predicted molar refractivity (Wildman–Crippen MR) is 79.8 cm³/mol. The van der Waals surface area contributed by atoms with E-state index in [4.69, 9.17) is 4.74 Å². The average molecular weight is 291 g/mol. The number of hydrogen-bond donors (Lipinski definition) is 1. The molecule has 3 nitrogen and oxygen atoms in total. The number of ether oxygens (including phenoxy) is 1. The van der Waals surface area contributed by atoms with Crippen molar-refractivity contribution in [3.8, 4) is 0 Å². The maximum Gasteiger partial charge on any atom is 0.0713 e. The SMILES string of the molecule is CS(=O)CCCNC1CCOC2(CCSCC2)C1. The summed E-state index contributed by atoms with van der Waals surface area (Å²) in [6, 6.07) is 0.604. The topological polar surface area (TPSA) is 38.3 Å². The summed E-state index contributed by atoms with van der Waals surface area (Å²) in [5.74, 6) is 3.32. The molecular weight excluding hydrogens is 266 g/mol. The van der Waals surface area contributed by atoms with Crippen LogP contribution in [0.2, 0.25) is 0 Å². The van der Waals surface area contributed by atoms with Crippen LogP contribution in [0.25, 0.3) is 0 Å². The molecule has 0 amide bonds. The van der Waals surface area contributed by atoms with Gasteiger partial charge in [-0.2, -0.15) is 11.8 Å². The average Bonchev–Trinajstić information content (AvgIpc) is 2.36. The second-order valence-electron chi connectivity index (χ2n) is 5.42. The minimum absolute atomic E-state index is 0.175. The molecule has 2 saturated heterocycles. The van der Waals surface area contributed by atoms with Crippen molar-refractivity contribution in [2.45, 2.75) is 43.7 Å². The molecule has 0 saturated carbocycles. The van der Waals surface area contributed by atoms with Gasteiger partial charge in [0.25, 0.3) is 0 Å². The number of rotatable bonds is 5. The van der Waals surface area contributed by atoms with E-state index in [0.29, 0.717) is 6.04 Å². The lowest BCUT2D eigenvalue weighted by Gasteiger charge is -2.43. The molecule has 2 unspecified atom stereocenters. The van der Waals surface area contributed by atoms with Crippen LogP contribution in [0.3, 0.4) is 0 Å². The Bertz CT molecular complexity index is 275. The summed E-state index contributed by atoms with van der Waals surface area (Å²) in [7, 11) is -0.650. The Morgan fingerprint density at radius 3 is 2.94 bits per heavy atom. The van der Waals surface area contributed by atoms with Crippen LogP contribution in [0, 0.1) is 0 Å². The van der Waals surface area contributed by atoms with Crippen LogP contribution in [0.1, 0.15) is 32.1 Å². The number of hydrogen-bond acceptors (Lipinski definition) is 4. The summed E-state index contributed by atoms with van der Waals surface area (Å²) in [5.41, 5.74) is 0.175. The Hall–Kier alpha value is 0.420. The van der Waals surface area contributed by atoms with Gasteiger partial charge in [0.15, 0.2) is 0 Å². The predicted octanol–water partition coefficient (Wildman–Crippen LogP) is 1.79. The van der Waals surface area contributed by atoms with Crippen molar-refractivity contribution in [1.82, 2.24) is 5.32 Å². The van der Waals surface area contributed by atoms with Crippen molar-refractivity contribution in [3.63, 3.8) is 0 Å². The molecule has 0 aliphatic carbocycles. The summed E-state index contributed by atoms with van der Waals surface area (Å²) < 4.78 is 17.1. The minimum atomic E-state index is -0.650. The van der Waals surface area contributed by atoms with Gasteiger partial charge in [0.2, 0.25) is 0 Å². The van der Waals surface area contributed by atoms with Gasteiger partial charge in [-0.3, -0.25) is 4.21 Å². The zero-order valence-electron chi connectivity index (χ0n) is 11.3. The first-order valence-electron chi connectivity index (χ1n) is 6.95. The Morgan fingerprint density at radius 1 is 1.44 bits per heavy atom. The molecule has 2 aliphatic rings. The van der Waals surface area contributed by atoms with E-state index in [2.05, 4.69) is 17.1 Å². The molecule has 1 N–H and O–H groups in total. The lowest BCUT2D eigenvalue weighted by Crippen LogP contribution is -2.49. The van der Waals surface area contributed by atoms with Crippen molar-refractivity contribution in [3.05, 3.63) is 0 Å². The Labute approximate surface area is 117 Å². The molecule has 0 radical (unpaired) electrons. The van der Waals surface area contributed by atoms with Gasteiger partial charge in [-0.05, 0) is 50.2 Å². The molecule has 2 atom stereocenters. The Kier molecular flexibility index (Phi) is 5.98. The van der Waals surface area contributed by atoms with Crippen LogP contribution < -0.4 is 5.32 Å². The fraction of sp³-hybridized carbons (Fsp3) is 1.00. The van der Waals surface area contributed by atoms with Crippen LogP contribution in [-0.2, 0) is 15.5 Å². The fourth-order valence-electron chi connectivity index (χ4n) is 2.88. The van der Waals surface area contributed by atoms with Crippen molar-refractivity contribution >= 4 is 22.6 Å². The van der Waals surface area contributed by atoms with Crippen LogP contribution in [-0.4, -0.2) is 52.5 Å². The van der Waals surface area contributed by atoms with E-state index in [1.54, 1.807) is 6.26 Å². The van der Waals surface area contributed by atoms with Crippen LogP contribution in [0.5, 0.6) is 0 Å². The summed E-state index contributed by atoms with van der Waals surface area (Å²) in [5, 5.41) is 3.63. The first-order chi connectivity index (χ1) is 8.70. The zero-order valence-corrected chi connectivity index (χ0v) is 12.9. The molecule has 0 aromatic carbocycles. The standard InChI is InChI=1S/C13H25NO2S2/c1-18(15)10-2-6-14-12-3-7-16-13(11-12)4-8-17-9-5-13/h12,14H,2-11H2,1H3. The van der Waals surface area contributed by atoms with Crippen molar-refractivity contribution in [1.29, 1.82) is 0 Å². The first kappa shape index (κ1) is 14.8. The van der Waals surface area contributed by atoms with Gasteiger partial charge in [-0.15, -0.1) is 0 Å². The van der Waals surface area contributed by atoms with E-state index in [9.17, 15) is 4.21 Å². The molecular formula is C13H25NO2S2. The summed E-state index contributed by atoms with van der Waals surface area (Å²) in [4.78, 5) is 0. The van der Waals surface area contributed by atoms with Gasteiger partial charge in [0.1, 0.15) is 0 Å². The maximum absolute atomic E-state index is 11.0. The second kappa shape index (κ2) is 7.27. The van der Waals surface area contributed by atoms with Crippen molar-refractivity contribution in [2.75, 3.05) is 36.7 Å². The van der Waals surface area contributed by atoms with Crippen molar-refractivity contribution < 1.29 is 8.95 Å². The highest BCUT2D eigenvalue weighted by Gasteiger charge is 2.38. The Balaban J connectivity index is 1.71. The summed E-state index contributed by atoms with van der Waals surface area (Å²) >= 11 is 2.05. The molecule has 18 heavy (non-hydrogen) atoms. The monoisotopic (exact) mass is 291 g/mol. The van der Waals surface area contributed by atoms with Crippen molar-refractivity contribution in [2.24, 2.45) is 0 Å². The van der Waals surface area contributed by atoms with Gasteiger partial charge >= 0.3 is 0 Å². The molecule has 0 aromatic heterocycles. The molecule has 106 valence electrons. The van der Waals surface area contributed by atoms with E-state index in [1.807, 2.05) is 0 Å². The highest BCUT2D eigenvalue weighted by atomic mass is 32.2. The van der Waals surface area contributed by atoms with Gasteiger partial charge in [-0.1, -0.05) is 0 Å². The van der Waals surface area contributed by atoms with E-state index < -0.39 is 10.8 Å². The molecule has 1 spiro atoms. The Morgan fingerprint density at radius 2 is 2.22 bits per heavy atom. The zero-order chi connectivity index (χ0) is 12.8. The lowest BCUT2D eigenvalue weighted by atomic mass is 9.85. The van der Waals surface area contributed by atoms with Gasteiger partial charge in [0, 0.05) is 35.5 Å². The van der Waals surface area contributed by atoms with E-state index in [0.717, 1.165) is 31.7 Å². The van der Waals surface area contributed by atoms with Crippen LogP contribution in [0.4, 0.5) is 0 Å². The molecule has 2 fully saturated rings. The maximum atomic E-state index is 11.0. The molecule has 0 bridgehead atoms. The lowest BCUT2D eigenvalue weighted by molar-refractivity contribution is -0.0930. The number of thioether (sulfide) groups is 1. The third-order valence-electron chi connectivity index (χ3n) is 3.94. The molecule has 2 heterocycles. The summed E-state index contributed by atoms with van der Waals surface area (Å²) in [6.07, 6.45) is 7.53. The third-order valence-corrected chi connectivity index (χ3v) is 5.79. The normalized spacial score (nSPS) is 29.3. The summed E-state index contributed by atoms with van der Waals surface area (Å²) in [6.45, 7) is 1.90. The van der Waals surface area contributed by atoms with Crippen LogP contribution in [0.15, 0.2) is 0 Å². The first-order valence-corrected chi connectivity index (χ1v) is 9.84. The number of nitrogens with one attached hydrogen (secondary N) is 1. The van der Waals surface area contributed by atoms with Crippen LogP contribution >= 0.6 is 11.8 Å². The fourth-order valence-corrected chi connectivity index (χ4v) is 4.66. The highest BCUT2D eigenvalue weighted by Crippen LogP contribution is 2.37. The van der Waals surface area contributed by atoms with Gasteiger partial charge in [0.05, 0.1) is 5.60 Å². The van der Waals surface area contributed by atoms with Gasteiger partial charge < -0.3 is 10.1 Å².